The van der Waals surface area contributed by atoms with E-state index in [0.717, 1.165) is 63.8 Å². The van der Waals surface area contributed by atoms with Crippen molar-refractivity contribution in [2.24, 2.45) is 16.7 Å². The predicted molar refractivity (Wildman–Crippen MR) is 225 cm³/mol. The van der Waals surface area contributed by atoms with Crippen molar-refractivity contribution in [3.63, 3.8) is 0 Å². The molecule has 1 aliphatic carbocycles. The van der Waals surface area contributed by atoms with Gasteiger partial charge in [-0.2, -0.15) is 11.2 Å². The van der Waals surface area contributed by atoms with E-state index in [0.29, 0.717) is 23.3 Å². The molecule has 55 heavy (non-hydrogen) atoms. The summed E-state index contributed by atoms with van der Waals surface area (Å²) in [6, 6.07) is 28.7. The Morgan fingerprint density at radius 1 is 0.836 bits per heavy atom. The molecule has 1 aliphatic rings. The summed E-state index contributed by atoms with van der Waals surface area (Å²) in [5.74, 6) is 2.99. The van der Waals surface area contributed by atoms with Crippen LogP contribution in [0.4, 0.5) is 0 Å². The van der Waals surface area contributed by atoms with Crippen LogP contribution in [0.15, 0.2) is 78.5 Å². The molecule has 7 rings (SSSR count). The van der Waals surface area contributed by atoms with Crippen molar-refractivity contribution in [1.82, 2.24) is 19.3 Å². The molecule has 290 valence electrons. The molecule has 3 heterocycles. The first kappa shape index (κ1) is 40.7. The molecule has 0 bridgehead atoms. The number of benzene rings is 3. The van der Waals surface area contributed by atoms with E-state index in [1.807, 2.05) is 12.3 Å². The quantitative estimate of drug-likeness (QED) is 0.118. The van der Waals surface area contributed by atoms with Gasteiger partial charge in [-0.05, 0) is 90.1 Å². The fourth-order valence-electron chi connectivity index (χ4n) is 8.78. The Kier molecular flexibility index (Phi) is 11.2. The molecule has 0 saturated heterocycles. The smallest absolute Gasteiger partial charge is 0.509 e. The van der Waals surface area contributed by atoms with E-state index in [2.05, 4.69) is 165 Å². The van der Waals surface area contributed by atoms with Crippen LogP contribution in [0.3, 0.4) is 0 Å². The molecule has 6 heteroatoms. The van der Waals surface area contributed by atoms with Crippen LogP contribution >= 0.6 is 0 Å². The largest absolute Gasteiger partial charge is 2.00 e. The van der Waals surface area contributed by atoms with Crippen molar-refractivity contribution in [2.45, 2.75) is 120 Å². The first-order chi connectivity index (χ1) is 25.5. The fourth-order valence-corrected chi connectivity index (χ4v) is 8.78. The summed E-state index contributed by atoms with van der Waals surface area (Å²) < 4.78 is 11.1. The fraction of sp³-hybridized carbons (Fsp3) is 0.429. The summed E-state index contributed by atoms with van der Waals surface area (Å²) in [7, 11) is 0. The minimum absolute atomic E-state index is 0. The van der Waals surface area contributed by atoms with Gasteiger partial charge in [-0.1, -0.05) is 111 Å². The van der Waals surface area contributed by atoms with E-state index in [9.17, 15) is 0 Å². The summed E-state index contributed by atoms with van der Waals surface area (Å²) in [6.07, 6.45) is 8.84. The van der Waals surface area contributed by atoms with E-state index in [-0.39, 0.29) is 37.3 Å². The Morgan fingerprint density at radius 2 is 1.58 bits per heavy atom. The zero-order chi connectivity index (χ0) is 38.7. The maximum Gasteiger partial charge on any atom is 2.00 e. The number of rotatable bonds is 7. The molecular weight excluding hydrogens is 856 g/mol. The summed E-state index contributed by atoms with van der Waals surface area (Å²) in [4.78, 5) is 4.83. The maximum absolute atomic E-state index is 6.76. The standard InChI is InChI=1S/C49H58N4O.Pt/c1-13-17-33-24-25-50-44(26-33)52-42-21-15-14-18-38(42)39-23-22-36(30-43(39)52)54-37-28-34(47(4,5)6)27-35(29-37)53-32(3)45(31(2)51-53)46-40(48(7,8)9)19-16-20-41(46)49(10,11)12;/h14-15,18-19,21-28,41,46H,13,16-17,20H2,1-12H3;/q-2;+2/t41-,46?;/m0./s1. The van der Waals surface area contributed by atoms with E-state index in [1.165, 1.54) is 28.8 Å². The van der Waals surface area contributed by atoms with Gasteiger partial charge >= 0.3 is 21.1 Å². The topological polar surface area (TPSA) is 44.9 Å². The van der Waals surface area contributed by atoms with E-state index >= 15 is 0 Å². The Morgan fingerprint density at radius 3 is 2.27 bits per heavy atom. The number of allylic oxidation sites excluding steroid dienone is 2. The number of aryl methyl sites for hydroxylation is 2. The van der Waals surface area contributed by atoms with Gasteiger partial charge in [0, 0.05) is 40.4 Å². The monoisotopic (exact) mass is 913 g/mol. The van der Waals surface area contributed by atoms with Crippen LogP contribution in [-0.2, 0) is 32.9 Å². The number of hydrogen-bond acceptors (Lipinski definition) is 3. The molecule has 2 atom stereocenters. The molecule has 0 N–H and O–H groups in total. The van der Waals surface area contributed by atoms with Gasteiger partial charge in [-0.15, -0.1) is 41.3 Å². The zero-order valence-corrected chi connectivity index (χ0v) is 37.2. The van der Waals surface area contributed by atoms with Crippen LogP contribution in [0, 0.1) is 42.7 Å². The Hall–Kier alpha value is -3.95. The number of ether oxygens (including phenoxy) is 1. The van der Waals surface area contributed by atoms with Crippen molar-refractivity contribution in [3.05, 3.63) is 119 Å². The van der Waals surface area contributed by atoms with Gasteiger partial charge < -0.3 is 9.30 Å². The first-order valence-corrected chi connectivity index (χ1v) is 19.9. The van der Waals surface area contributed by atoms with Gasteiger partial charge in [-0.3, -0.25) is 4.68 Å². The second-order valence-electron chi connectivity index (χ2n) is 18.6. The van der Waals surface area contributed by atoms with E-state index in [4.69, 9.17) is 14.8 Å². The Labute approximate surface area is 343 Å². The number of aromatic nitrogens is 4. The molecule has 6 aromatic rings. The van der Waals surface area contributed by atoms with Crippen LogP contribution in [-0.4, -0.2) is 19.3 Å². The first-order valence-electron chi connectivity index (χ1n) is 19.9. The number of hydrogen-bond donors (Lipinski definition) is 0. The SMILES string of the molecule is CCCc1ccnc(-n2c3[c-]c(Oc4[c-]c(-n5nc(C)c(C6C(C(C)(C)C)=CCC[C@@H]6C(C)(C)C)c5C)cc(C(C)(C)C)c4)ccc3c3ccccc32)c1.[Pt+2]. The summed E-state index contributed by atoms with van der Waals surface area (Å²) in [5.41, 5.74) is 10.6. The van der Waals surface area contributed by atoms with Gasteiger partial charge in [0.2, 0.25) is 0 Å². The average Bonchev–Trinajstić information content (AvgIpc) is 3.59. The number of pyridine rings is 1. The van der Waals surface area contributed by atoms with Crippen molar-refractivity contribution >= 4 is 21.8 Å². The van der Waals surface area contributed by atoms with Crippen molar-refractivity contribution in [1.29, 1.82) is 0 Å². The minimum atomic E-state index is -0.126. The van der Waals surface area contributed by atoms with E-state index < -0.39 is 0 Å². The van der Waals surface area contributed by atoms with Crippen molar-refractivity contribution < 1.29 is 25.8 Å². The minimum Gasteiger partial charge on any atom is -0.509 e. The van der Waals surface area contributed by atoms with Crippen LogP contribution in [0.1, 0.15) is 122 Å². The maximum atomic E-state index is 6.76. The second kappa shape index (κ2) is 15.2. The molecule has 0 radical (unpaired) electrons. The van der Waals surface area contributed by atoms with Gasteiger partial charge in [0.15, 0.2) is 0 Å². The van der Waals surface area contributed by atoms with Crippen molar-refractivity contribution in [3.8, 4) is 23.0 Å². The predicted octanol–water partition coefficient (Wildman–Crippen LogP) is 13.1. The second-order valence-corrected chi connectivity index (χ2v) is 18.6. The molecule has 0 saturated carbocycles. The molecule has 3 aromatic heterocycles. The number of fused-ring (bicyclic) bond motifs is 3. The Bertz CT molecular complexity index is 2370. The third-order valence-electron chi connectivity index (χ3n) is 11.5. The molecule has 5 nitrogen and oxygen atoms in total. The number of nitrogens with zero attached hydrogens (tertiary/aromatic N) is 4. The third-order valence-corrected chi connectivity index (χ3v) is 11.5. The molecule has 0 aliphatic heterocycles. The van der Waals surface area contributed by atoms with Gasteiger partial charge in [0.25, 0.3) is 0 Å². The van der Waals surface area contributed by atoms with Crippen molar-refractivity contribution in [2.75, 3.05) is 0 Å². The molecule has 0 spiro atoms. The van der Waals surface area contributed by atoms with Crippen LogP contribution < -0.4 is 4.74 Å². The van der Waals surface area contributed by atoms with Gasteiger partial charge in [0.1, 0.15) is 5.82 Å². The van der Waals surface area contributed by atoms with E-state index in [1.54, 1.807) is 0 Å². The zero-order valence-electron chi connectivity index (χ0n) is 34.9. The van der Waals surface area contributed by atoms with Crippen LogP contribution in [0.2, 0.25) is 0 Å². The number of para-hydroxylation sites is 1. The molecule has 0 amide bonds. The molecule has 3 aromatic carbocycles. The summed E-state index contributed by atoms with van der Waals surface area (Å²) >= 11 is 0. The van der Waals surface area contributed by atoms with Gasteiger partial charge in [-0.25, -0.2) is 4.98 Å². The third kappa shape index (κ3) is 7.89. The summed E-state index contributed by atoms with van der Waals surface area (Å²) in [6.45, 7) is 27.7. The van der Waals surface area contributed by atoms with Gasteiger partial charge in [0.05, 0.1) is 5.69 Å². The summed E-state index contributed by atoms with van der Waals surface area (Å²) in [5, 5.41) is 7.55. The molecule has 0 fully saturated rings. The average molecular weight is 914 g/mol. The molecular formula is C49H58N4OPt. The van der Waals surface area contributed by atoms with Crippen LogP contribution in [0.25, 0.3) is 33.3 Å². The molecule has 1 unspecified atom stereocenters. The van der Waals surface area contributed by atoms with Crippen LogP contribution in [0.5, 0.6) is 11.5 Å². The Balaban J connectivity index is 0.00000514. The normalized spacial score (nSPS) is 16.7.